The highest BCUT2D eigenvalue weighted by atomic mass is 28.4. The maximum Gasteiger partial charge on any atom is 0.192 e. The molecule has 33 heavy (non-hydrogen) atoms. The van der Waals surface area contributed by atoms with Crippen molar-refractivity contribution in [1.29, 1.82) is 0 Å². The minimum Gasteiger partial charge on any atom is -0.414 e. The molecule has 0 radical (unpaired) electrons. The molecule has 0 aliphatic carbocycles. The first kappa shape index (κ1) is 30.3. The van der Waals surface area contributed by atoms with E-state index in [-0.39, 0.29) is 22.8 Å². The number of hydrogen-bond acceptors (Lipinski definition) is 4. The first-order chi connectivity index (χ1) is 14.9. The molecule has 0 spiro atoms. The molecule has 0 aromatic rings. The van der Waals surface area contributed by atoms with Crippen molar-refractivity contribution in [3.05, 3.63) is 23.8 Å². The third-order valence-electron chi connectivity index (χ3n) is 7.32. The van der Waals surface area contributed by atoms with Crippen LogP contribution < -0.4 is 0 Å². The number of rotatable bonds is 10. The van der Waals surface area contributed by atoms with Gasteiger partial charge >= 0.3 is 0 Å². The number of allylic oxidation sites excluding steroid dienone is 1. The van der Waals surface area contributed by atoms with Crippen LogP contribution in [0.1, 0.15) is 67.7 Å². The fourth-order valence-electron chi connectivity index (χ4n) is 2.87. The minimum absolute atomic E-state index is 0.0986. The van der Waals surface area contributed by atoms with Crippen molar-refractivity contribution in [2.24, 2.45) is 0 Å². The molecule has 0 amide bonds. The van der Waals surface area contributed by atoms with Crippen LogP contribution in [0.3, 0.4) is 0 Å². The Kier molecular flexibility index (Phi) is 10.9. The van der Waals surface area contributed by atoms with Crippen molar-refractivity contribution in [2.45, 2.75) is 116 Å². The molecular weight excluding hydrogens is 444 g/mol. The normalized spacial score (nSPS) is 22.4. The van der Waals surface area contributed by atoms with E-state index in [2.05, 4.69) is 92.6 Å². The zero-order chi connectivity index (χ0) is 25.6. The number of ether oxygens (including phenoxy) is 1. The lowest BCUT2D eigenvalue weighted by atomic mass is 10.1. The van der Waals surface area contributed by atoms with Gasteiger partial charge in [-0.1, -0.05) is 65.5 Å². The Bertz CT molecular complexity index is 745. The van der Waals surface area contributed by atoms with Gasteiger partial charge in [0, 0.05) is 12.0 Å². The summed E-state index contributed by atoms with van der Waals surface area (Å²) in [5.41, 5.74) is 0.520. The van der Waals surface area contributed by atoms with Gasteiger partial charge in [0.1, 0.15) is 11.7 Å². The highest BCUT2D eigenvalue weighted by molar-refractivity contribution is 6.74. The van der Waals surface area contributed by atoms with Crippen LogP contribution in [-0.4, -0.2) is 53.3 Å². The van der Waals surface area contributed by atoms with Crippen molar-refractivity contribution in [2.75, 3.05) is 19.8 Å². The lowest BCUT2D eigenvalue weighted by molar-refractivity contribution is -0.0567. The summed E-state index contributed by atoms with van der Waals surface area (Å²) in [6, 6.07) is 0. The van der Waals surface area contributed by atoms with Crippen LogP contribution in [0.25, 0.3) is 0 Å². The van der Waals surface area contributed by atoms with Crippen LogP contribution in [0.15, 0.2) is 23.8 Å². The fraction of sp³-hybridized carbons (Fsp3) is 0.778. The van der Waals surface area contributed by atoms with E-state index in [1.54, 1.807) is 6.08 Å². The number of aliphatic hydroxyl groups excluding tert-OH is 1. The second-order valence-corrected chi connectivity index (χ2v) is 22.1. The molecule has 1 heterocycles. The summed E-state index contributed by atoms with van der Waals surface area (Å²) in [5, 5.41) is 9.14. The molecule has 6 heteroatoms. The Morgan fingerprint density at radius 2 is 1.61 bits per heavy atom. The predicted molar refractivity (Wildman–Crippen MR) is 146 cm³/mol. The molecule has 1 aliphatic rings. The first-order valence-electron chi connectivity index (χ1n) is 12.4. The molecule has 190 valence electrons. The largest absolute Gasteiger partial charge is 0.414 e. The Hall–Kier alpha value is -0.686. The van der Waals surface area contributed by atoms with Crippen molar-refractivity contribution in [3.63, 3.8) is 0 Å². The molecule has 0 saturated heterocycles. The smallest absolute Gasteiger partial charge is 0.192 e. The molecule has 2 atom stereocenters. The van der Waals surface area contributed by atoms with Crippen molar-refractivity contribution in [3.8, 4) is 11.8 Å². The predicted octanol–water partition coefficient (Wildman–Crippen LogP) is 6.84. The second kappa shape index (κ2) is 11.8. The van der Waals surface area contributed by atoms with Gasteiger partial charge < -0.3 is 18.7 Å². The van der Waals surface area contributed by atoms with E-state index in [9.17, 15) is 0 Å². The van der Waals surface area contributed by atoms with E-state index in [1.165, 1.54) is 0 Å². The molecule has 0 aromatic carbocycles. The Morgan fingerprint density at radius 3 is 2.15 bits per heavy atom. The zero-order valence-corrected chi connectivity index (χ0v) is 25.2. The van der Waals surface area contributed by atoms with Gasteiger partial charge in [-0.05, 0) is 62.1 Å². The summed E-state index contributed by atoms with van der Waals surface area (Å²) in [6.45, 7) is 25.9. The van der Waals surface area contributed by atoms with Gasteiger partial charge in [0.05, 0.1) is 19.8 Å². The van der Waals surface area contributed by atoms with Gasteiger partial charge in [-0.3, -0.25) is 0 Å². The molecule has 0 fully saturated rings. The lowest BCUT2D eigenvalue weighted by Gasteiger charge is -2.39. The Balaban J connectivity index is 2.95. The van der Waals surface area contributed by atoms with Crippen LogP contribution in [0.2, 0.25) is 36.3 Å². The standard InChI is InChI=1S/C27H50O4Si2/c1-25(2,3)32(8,9)29-21-24-23(18-16-14-12-13-15-17-19-28)20-27(7,31-24)22-30-33(10,11)26(4,5)6/h15,17,20,24,28H,12-14,19,21-22H2,1-11H3/b17-15+/t24-,27-/m1/s1. The monoisotopic (exact) mass is 494 g/mol. The van der Waals surface area contributed by atoms with Crippen molar-refractivity contribution < 1.29 is 18.7 Å². The Morgan fingerprint density at radius 1 is 1.03 bits per heavy atom. The van der Waals surface area contributed by atoms with Crippen LogP contribution in [-0.2, 0) is 13.6 Å². The van der Waals surface area contributed by atoms with Gasteiger partial charge in [-0.2, -0.15) is 0 Å². The molecule has 0 saturated carbocycles. The third kappa shape index (κ3) is 9.47. The van der Waals surface area contributed by atoms with E-state index >= 15 is 0 Å². The van der Waals surface area contributed by atoms with Gasteiger partial charge in [-0.25, -0.2) is 0 Å². The molecule has 0 aromatic heterocycles. The summed E-state index contributed by atoms with van der Waals surface area (Å²) in [7, 11) is -3.76. The molecule has 1 N–H and O–H groups in total. The van der Waals surface area contributed by atoms with E-state index in [4.69, 9.17) is 18.7 Å². The van der Waals surface area contributed by atoms with E-state index in [1.807, 2.05) is 6.08 Å². The van der Waals surface area contributed by atoms with Crippen molar-refractivity contribution >= 4 is 16.6 Å². The third-order valence-corrected chi connectivity index (χ3v) is 16.3. The van der Waals surface area contributed by atoms with Gasteiger partial charge in [0.15, 0.2) is 16.6 Å². The van der Waals surface area contributed by atoms with Crippen molar-refractivity contribution in [1.82, 2.24) is 0 Å². The van der Waals surface area contributed by atoms with Gasteiger partial charge in [-0.15, -0.1) is 0 Å². The summed E-state index contributed by atoms with van der Waals surface area (Å²) < 4.78 is 19.6. The first-order valence-corrected chi connectivity index (χ1v) is 18.2. The number of unbranched alkanes of at least 4 members (excludes halogenated alkanes) is 2. The highest BCUT2D eigenvalue weighted by Crippen LogP contribution is 2.40. The molecular formula is C27H50O4Si2. The molecule has 4 nitrogen and oxygen atoms in total. The average molecular weight is 495 g/mol. The van der Waals surface area contributed by atoms with Gasteiger partial charge in [0.2, 0.25) is 0 Å². The van der Waals surface area contributed by atoms with Gasteiger partial charge in [0.25, 0.3) is 0 Å². The summed E-state index contributed by atoms with van der Waals surface area (Å²) in [5.74, 6) is 6.71. The fourth-order valence-corrected chi connectivity index (χ4v) is 4.95. The second-order valence-electron chi connectivity index (χ2n) is 12.5. The Labute approximate surface area is 206 Å². The highest BCUT2D eigenvalue weighted by Gasteiger charge is 2.43. The maximum atomic E-state index is 8.83. The van der Waals surface area contributed by atoms with Crippen LogP contribution >= 0.6 is 0 Å². The number of aliphatic hydroxyl groups is 1. The summed E-state index contributed by atoms with van der Waals surface area (Å²) in [6.07, 6.45) is 8.52. The molecule has 1 rings (SSSR count). The number of hydrogen-bond donors (Lipinski definition) is 1. The topological polar surface area (TPSA) is 47.9 Å². The molecule has 0 unspecified atom stereocenters. The zero-order valence-electron chi connectivity index (χ0n) is 23.2. The molecule has 1 aliphatic heterocycles. The minimum atomic E-state index is -1.89. The van der Waals surface area contributed by atoms with E-state index < -0.39 is 22.2 Å². The lowest BCUT2D eigenvalue weighted by Crippen LogP contribution is -2.46. The molecule has 0 bridgehead atoms. The average Bonchev–Trinajstić information content (AvgIpc) is 2.99. The summed E-state index contributed by atoms with van der Waals surface area (Å²) in [4.78, 5) is 0. The van der Waals surface area contributed by atoms with E-state index in [0.29, 0.717) is 13.2 Å². The van der Waals surface area contributed by atoms with Crippen LogP contribution in [0.5, 0.6) is 0 Å². The quantitative estimate of drug-likeness (QED) is 0.156. The SMILES string of the molecule is CC(C)(C)[Si](C)(C)OC[C@H]1O[C@@](C)(CO[Si](C)(C)C(C)(C)C)C=C1C#CCCC/C=C/CO. The maximum absolute atomic E-state index is 8.83. The van der Waals surface area contributed by atoms with E-state index in [0.717, 1.165) is 24.8 Å². The van der Waals surface area contributed by atoms with Crippen LogP contribution in [0, 0.1) is 11.8 Å². The van der Waals surface area contributed by atoms with Crippen LogP contribution in [0.4, 0.5) is 0 Å². The summed E-state index contributed by atoms with van der Waals surface area (Å²) >= 11 is 0.